The van der Waals surface area contributed by atoms with E-state index in [1.165, 1.54) is 12.0 Å². The van der Waals surface area contributed by atoms with Gasteiger partial charge in [0.1, 0.15) is 11.6 Å². The molecule has 0 radical (unpaired) electrons. The van der Waals surface area contributed by atoms with Crippen molar-refractivity contribution >= 4 is 12.1 Å². The predicted octanol–water partition coefficient (Wildman–Crippen LogP) is 2.95. The van der Waals surface area contributed by atoms with Crippen LogP contribution in [0.1, 0.15) is 38.7 Å². The molecule has 0 saturated carbocycles. The standard InChI is InChI=1S/C17H23NO4/c1-17(2,3)22-16(20)18-11-10-13(14(18)15(19)21-4)12-8-6-5-7-9-12/h5-9,13-14H,10-11H2,1-4H3/t13-,14+/m0/s1. The van der Waals surface area contributed by atoms with E-state index in [0.29, 0.717) is 13.0 Å². The molecule has 1 saturated heterocycles. The average molecular weight is 305 g/mol. The number of amides is 1. The van der Waals surface area contributed by atoms with Crippen molar-refractivity contribution in [1.29, 1.82) is 0 Å². The van der Waals surface area contributed by atoms with Crippen LogP contribution in [0.4, 0.5) is 4.79 Å². The van der Waals surface area contributed by atoms with Crippen LogP contribution in [0.2, 0.25) is 0 Å². The molecule has 5 nitrogen and oxygen atoms in total. The van der Waals surface area contributed by atoms with Gasteiger partial charge in [0.05, 0.1) is 7.11 Å². The number of hydrogen-bond acceptors (Lipinski definition) is 4. The number of methoxy groups -OCH3 is 1. The summed E-state index contributed by atoms with van der Waals surface area (Å²) >= 11 is 0. The molecule has 22 heavy (non-hydrogen) atoms. The van der Waals surface area contributed by atoms with Crippen LogP contribution in [0, 0.1) is 0 Å². The summed E-state index contributed by atoms with van der Waals surface area (Å²) in [6.07, 6.45) is 0.240. The Morgan fingerprint density at radius 1 is 1.18 bits per heavy atom. The molecule has 2 rings (SSSR count). The molecule has 2 atom stereocenters. The van der Waals surface area contributed by atoms with Crippen LogP contribution in [-0.2, 0) is 14.3 Å². The molecule has 0 unspecified atom stereocenters. The van der Waals surface area contributed by atoms with Gasteiger partial charge in [0, 0.05) is 12.5 Å². The number of esters is 1. The second kappa shape index (κ2) is 6.38. The van der Waals surface area contributed by atoms with Gasteiger partial charge in [-0.1, -0.05) is 30.3 Å². The maximum atomic E-state index is 12.4. The number of carbonyl (C=O) groups is 2. The molecule has 0 bridgehead atoms. The largest absolute Gasteiger partial charge is 0.467 e. The molecule has 1 heterocycles. The molecule has 1 fully saturated rings. The summed E-state index contributed by atoms with van der Waals surface area (Å²) in [6.45, 7) is 5.91. The zero-order valence-electron chi connectivity index (χ0n) is 13.5. The maximum Gasteiger partial charge on any atom is 0.411 e. The first kappa shape index (κ1) is 16.3. The maximum absolute atomic E-state index is 12.4. The Morgan fingerprint density at radius 2 is 1.82 bits per heavy atom. The molecule has 1 aliphatic heterocycles. The van der Waals surface area contributed by atoms with Gasteiger partial charge in [0.15, 0.2) is 0 Å². The lowest BCUT2D eigenvalue weighted by Gasteiger charge is -2.29. The van der Waals surface area contributed by atoms with Gasteiger partial charge in [-0.2, -0.15) is 0 Å². The van der Waals surface area contributed by atoms with Crippen LogP contribution in [0.15, 0.2) is 30.3 Å². The van der Waals surface area contributed by atoms with E-state index in [9.17, 15) is 9.59 Å². The van der Waals surface area contributed by atoms with E-state index in [1.54, 1.807) is 0 Å². The first-order chi connectivity index (χ1) is 10.3. The van der Waals surface area contributed by atoms with Gasteiger partial charge in [-0.3, -0.25) is 4.90 Å². The summed E-state index contributed by atoms with van der Waals surface area (Å²) in [6, 6.07) is 9.09. The highest BCUT2D eigenvalue weighted by Gasteiger charge is 2.44. The molecule has 0 aliphatic carbocycles. The number of hydrogen-bond donors (Lipinski definition) is 0. The molecule has 1 aliphatic rings. The molecule has 1 aromatic carbocycles. The Labute approximate surface area is 131 Å². The Hall–Kier alpha value is -2.04. The van der Waals surface area contributed by atoms with Gasteiger partial charge in [0.25, 0.3) is 0 Å². The Morgan fingerprint density at radius 3 is 2.36 bits per heavy atom. The highest BCUT2D eigenvalue weighted by atomic mass is 16.6. The fourth-order valence-electron chi connectivity index (χ4n) is 2.78. The predicted molar refractivity (Wildman–Crippen MR) is 82.5 cm³/mol. The van der Waals surface area contributed by atoms with Crippen molar-refractivity contribution in [2.45, 2.75) is 44.8 Å². The topological polar surface area (TPSA) is 55.8 Å². The third-order valence-electron chi connectivity index (χ3n) is 3.70. The van der Waals surface area contributed by atoms with Gasteiger partial charge in [-0.15, -0.1) is 0 Å². The second-order valence-corrected chi connectivity index (χ2v) is 6.45. The number of ether oxygens (including phenoxy) is 2. The van der Waals surface area contributed by atoms with Crippen LogP contribution >= 0.6 is 0 Å². The van der Waals surface area contributed by atoms with E-state index in [4.69, 9.17) is 9.47 Å². The van der Waals surface area contributed by atoms with Crippen molar-refractivity contribution in [3.8, 4) is 0 Å². The summed E-state index contributed by atoms with van der Waals surface area (Å²) < 4.78 is 10.3. The zero-order valence-corrected chi connectivity index (χ0v) is 13.5. The lowest BCUT2D eigenvalue weighted by Crippen LogP contribution is -2.45. The molecule has 5 heteroatoms. The fraction of sp³-hybridized carbons (Fsp3) is 0.529. The molecular formula is C17H23NO4. The Kier molecular flexibility index (Phi) is 4.74. The van der Waals surface area contributed by atoms with Crippen molar-refractivity contribution in [2.75, 3.05) is 13.7 Å². The minimum Gasteiger partial charge on any atom is -0.467 e. The quantitative estimate of drug-likeness (QED) is 0.788. The van der Waals surface area contributed by atoms with E-state index >= 15 is 0 Å². The van der Waals surface area contributed by atoms with Crippen molar-refractivity contribution < 1.29 is 19.1 Å². The van der Waals surface area contributed by atoms with Crippen LogP contribution < -0.4 is 0 Å². The summed E-state index contributed by atoms with van der Waals surface area (Å²) in [5, 5.41) is 0. The minimum atomic E-state index is -0.637. The van der Waals surface area contributed by atoms with Crippen molar-refractivity contribution in [1.82, 2.24) is 4.90 Å². The first-order valence-corrected chi connectivity index (χ1v) is 7.46. The smallest absolute Gasteiger partial charge is 0.411 e. The van der Waals surface area contributed by atoms with E-state index in [0.717, 1.165) is 5.56 Å². The highest BCUT2D eigenvalue weighted by Crippen LogP contribution is 2.35. The molecule has 0 spiro atoms. The molecule has 1 aromatic rings. The van der Waals surface area contributed by atoms with Crippen LogP contribution in [0.5, 0.6) is 0 Å². The van der Waals surface area contributed by atoms with Crippen LogP contribution in [0.25, 0.3) is 0 Å². The van der Waals surface area contributed by atoms with Gasteiger partial charge in [-0.05, 0) is 32.8 Å². The minimum absolute atomic E-state index is 0.0684. The average Bonchev–Trinajstić information content (AvgIpc) is 2.90. The van der Waals surface area contributed by atoms with E-state index in [-0.39, 0.29) is 5.92 Å². The number of likely N-dealkylation sites (tertiary alicyclic amines) is 1. The lowest BCUT2D eigenvalue weighted by atomic mass is 9.92. The fourth-order valence-corrected chi connectivity index (χ4v) is 2.78. The third-order valence-corrected chi connectivity index (χ3v) is 3.70. The van der Waals surface area contributed by atoms with Crippen molar-refractivity contribution in [3.05, 3.63) is 35.9 Å². The molecule has 0 N–H and O–H groups in total. The normalized spacial score (nSPS) is 21.5. The Bertz CT molecular complexity index is 535. The molecule has 0 aromatic heterocycles. The summed E-state index contributed by atoms with van der Waals surface area (Å²) in [5.41, 5.74) is 0.437. The number of benzene rings is 1. The zero-order chi connectivity index (χ0) is 16.3. The summed E-state index contributed by atoms with van der Waals surface area (Å²) in [4.78, 5) is 26.1. The van der Waals surface area contributed by atoms with Gasteiger partial charge >= 0.3 is 12.1 Å². The number of carbonyl (C=O) groups excluding carboxylic acids is 2. The monoisotopic (exact) mass is 305 g/mol. The lowest BCUT2D eigenvalue weighted by molar-refractivity contribution is -0.146. The second-order valence-electron chi connectivity index (χ2n) is 6.45. The number of rotatable bonds is 2. The van der Waals surface area contributed by atoms with Crippen molar-refractivity contribution in [2.24, 2.45) is 0 Å². The summed E-state index contributed by atoms with van der Waals surface area (Å²) in [5.74, 6) is -0.474. The number of nitrogens with zero attached hydrogens (tertiary/aromatic N) is 1. The van der Waals surface area contributed by atoms with E-state index in [1.807, 2.05) is 51.1 Å². The van der Waals surface area contributed by atoms with Crippen LogP contribution in [0.3, 0.4) is 0 Å². The Balaban J connectivity index is 2.25. The van der Waals surface area contributed by atoms with E-state index in [2.05, 4.69) is 0 Å². The van der Waals surface area contributed by atoms with Gasteiger partial charge in [-0.25, -0.2) is 9.59 Å². The SMILES string of the molecule is COC(=O)[C@H]1[C@H](c2ccccc2)CCN1C(=O)OC(C)(C)C. The molecule has 1 amide bonds. The highest BCUT2D eigenvalue weighted by molar-refractivity contribution is 5.83. The van der Waals surface area contributed by atoms with Crippen LogP contribution in [-0.4, -0.2) is 42.3 Å². The molecular weight excluding hydrogens is 282 g/mol. The molecule has 120 valence electrons. The van der Waals surface area contributed by atoms with E-state index < -0.39 is 23.7 Å². The third kappa shape index (κ3) is 3.59. The first-order valence-electron chi connectivity index (χ1n) is 7.46. The van der Waals surface area contributed by atoms with Gasteiger partial charge < -0.3 is 9.47 Å². The van der Waals surface area contributed by atoms with Gasteiger partial charge in [0.2, 0.25) is 0 Å². The summed E-state index contributed by atoms with van der Waals surface area (Å²) in [7, 11) is 1.34. The van der Waals surface area contributed by atoms with Crippen molar-refractivity contribution in [3.63, 3.8) is 0 Å².